The van der Waals surface area contributed by atoms with Crippen molar-refractivity contribution in [2.24, 2.45) is 0 Å². The molecule has 0 saturated carbocycles. The molecule has 2 heterocycles. The van der Waals surface area contributed by atoms with Crippen LogP contribution in [0.25, 0.3) is 5.57 Å². The van der Waals surface area contributed by atoms with Gasteiger partial charge in [-0.05, 0) is 48.7 Å². The maximum absolute atomic E-state index is 13.8. The molecule has 0 saturated heterocycles. The number of rotatable bonds is 7. The first-order valence-electron chi connectivity index (χ1n) is 11.4. The van der Waals surface area contributed by atoms with E-state index in [-0.39, 0.29) is 18.4 Å². The average Bonchev–Trinajstić information content (AvgIpc) is 3.39. The van der Waals surface area contributed by atoms with Crippen LogP contribution in [0.1, 0.15) is 23.6 Å². The number of methoxy groups -OCH3 is 1. The van der Waals surface area contributed by atoms with Crippen LogP contribution in [-0.2, 0) is 22.6 Å². The number of fused-ring (bicyclic) bond motifs is 1. The highest BCUT2D eigenvalue weighted by Crippen LogP contribution is 2.39. The van der Waals surface area contributed by atoms with E-state index in [2.05, 4.69) is 6.07 Å². The number of imide groups is 1. The number of benzene rings is 3. The highest BCUT2D eigenvalue weighted by atomic mass is 16.5. The van der Waals surface area contributed by atoms with E-state index in [1.807, 2.05) is 78.6 Å². The second kappa shape index (κ2) is 9.06. The molecule has 0 radical (unpaired) electrons. The number of amides is 2. The predicted molar refractivity (Wildman–Crippen MR) is 131 cm³/mol. The summed E-state index contributed by atoms with van der Waals surface area (Å²) in [4.78, 5) is 30.9. The van der Waals surface area contributed by atoms with Crippen molar-refractivity contribution in [2.45, 2.75) is 19.9 Å². The third kappa shape index (κ3) is 3.71. The van der Waals surface area contributed by atoms with Gasteiger partial charge in [0, 0.05) is 17.8 Å². The molecule has 0 unspecified atom stereocenters. The van der Waals surface area contributed by atoms with Crippen LogP contribution >= 0.6 is 0 Å². The Hall–Kier alpha value is -4.06. The van der Waals surface area contributed by atoms with E-state index in [0.29, 0.717) is 35.7 Å². The van der Waals surface area contributed by atoms with Crippen molar-refractivity contribution in [2.75, 3.05) is 25.2 Å². The minimum Gasteiger partial charge on any atom is -0.496 e. The van der Waals surface area contributed by atoms with Crippen LogP contribution in [0.4, 0.5) is 5.69 Å². The molecule has 5 rings (SSSR count). The van der Waals surface area contributed by atoms with Gasteiger partial charge in [-0.3, -0.25) is 14.5 Å². The van der Waals surface area contributed by atoms with Gasteiger partial charge in [-0.1, -0.05) is 48.5 Å². The molecule has 2 amide bonds. The Labute approximate surface area is 199 Å². The van der Waals surface area contributed by atoms with Gasteiger partial charge in [-0.2, -0.15) is 0 Å². The number of ether oxygens (including phenoxy) is 2. The maximum atomic E-state index is 13.8. The van der Waals surface area contributed by atoms with E-state index >= 15 is 0 Å². The van der Waals surface area contributed by atoms with E-state index < -0.39 is 0 Å². The van der Waals surface area contributed by atoms with Crippen LogP contribution < -0.4 is 14.4 Å². The number of hydrogen-bond acceptors (Lipinski definition) is 5. The zero-order chi connectivity index (χ0) is 23.7. The fraction of sp³-hybridized carbons (Fsp3) is 0.214. The molecule has 2 aliphatic heterocycles. The summed E-state index contributed by atoms with van der Waals surface area (Å²) in [5.74, 6) is 0.768. The van der Waals surface area contributed by atoms with Crippen molar-refractivity contribution in [3.63, 3.8) is 0 Å². The van der Waals surface area contributed by atoms with Gasteiger partial charge in [-0.25, -0.2) is 0 Å². The molecule has 34 heavy (non-hydrogen) atoms. The van der Waals surface area contributed by atoms with Gasteiger partial charge in [0.25, 0.3) is 11.8 Å². The first-order chi connectivity index (χ1) is 16.6. The normalized spacial score (nSPS) is 15.2. The molecule has 172 valence electrons. The van der Waals surface area contributed by atoms with Crippen molar-refractivity contribution in [1.29, 1.82) is 0 Å². The fourth-order valence-corrected chi connectivity index (χ4v) is 4.68. The van der Waals surface area contributed by atoms with Crippen LogP contribution in [0, 0.1) is 0 Å². The SMILES string of the molecule is CCOc1ccc(C2=C(N3CCc4ccccc43)C(=O)N(Cc3ccccc3OC)C2=O)cc1. The van der Waals surface area contributed by atoms with Crippen molar-refractivity contribution in [1.82, 2.24) is 4.90 Å². The van der Waals surface area contributed by atoms with Gasteiger partial charge in [0.15, 0.2) is 0 Å². The Kier molecular flexibility index (Phi) is 5.80. The number of nitrogens with zero attached hydrogens (tertiary/aromatic N) is 2. The topological polar surface area (TPSA) is 59.1 Å². The van der Waals surface area contributed by atoms with Crippen LogP contribution in [0.3, 0.4) is 0 Å². The molecule has 0 aromatic heterocycles. The Morgan fingerprint density at radius 2 is 1.62 bits per heavy atom. The lowest BCUT2D eigenvalue weighted by Crippen LogP contribution is -2.34. The first kappa shape index (κ1) is 21.8. The molecule has 6 heteroatoms. The molecule has 3 aromatic rings. The summed E-state index contributed by atoms with van der Waals surface area (Å²) in [5.41, 5.74) is 4.46. The molecule has 0 aliphatic carbocycles. The summed E-state index contributed by atoms with van der Waals surface area (Å²) >= 11 is 0. The lowest BCUT2D eigenvalue weighted by atomic mass is 10.0. The van der Waals surface area contributed by atoms with Crippen LogP contribution in [0.2, 0.25) is 0 Å². The molecule has 6 nitrogen and oxygen atoms in total. The Morgan fingerprint density at radius 3 is 2.38 bits per heavy atom. The van der Waals surface area contributed by atoms with E-state index in [1.165, 1.54) is 10.5 Å². The fourth-order valence-electron chi connectivity index (χ4n) is 4.68. The van der Waals surface area contributed by atoms with Gasteiger partial charge in [-0.15, -0.1) is 0 Å². The monoisotopic (exact) mass is 454 g/mol. The molecule has 0 bridgehead atoms. The van der Waals surface area contributed by atoms with Gasteiger partial charge in [0.05, 0.1) is 25.8 Å². The van der Waals surface area contributed by atoms with Crippen LogP contribution in [0.5, 0.6) is 11.5 Å². The second-order valence-electron chi connectivity index (χ2n) is 8.22. The predicted octanol–water partition coefficient (Wildman–Crippen LogP) is 4.44. The lowest BCUT2D eigenvalue weighted by molar-refractivity contribution is -0.137. The highest BCUT2D eigenvalue weighted by molar-refractivity contribution is 6.36. The van der Waals surface area contributed by atoms with Crippen molar-refractivity contribution in [3.05, 3.63) is 95.2 Å². The summed E-state index contributed by atoms with van der Waals surface area (Å²) in [6.07, 6.45) is 0.824. The average molecular weight is 455 g/mol. The summed E-state index contributed by atoms with van der Waals surface area (Å²) < 4.78 is 11.0. The number of para-hydroxylation sites is 2. The van der Waals surface area contributed by atoms with E-state index in [4.69, 9.17) is 9.47 Å². The molecular formula is C28H26N2O4. The largest absolute Gasteiger partial charge is 0.496 e. The minimum absolute atomic E-state index is 0.140. The quantitative estimate of drug-likeness (QED) is 0.494. The molecular weight excluding hydrogens is 428 g/mol. The molecule has 0 spiro atoms. The van der Waals surface area contributed by atoms with Crippen molar-refractivity contribution >= 4 is 23.1 Å². The smallest absolute Gasteiger partial charge is 0.278 e. The number of anilines is 1. The zero-order valence-corrected chi connectivity index (χ0v) is 19.3. The summed E-state index contributed by atoms with van der Waals surface area (Å²) in [7, 11) is 1.59. The Morgan fingerprint density at radius 1 is 0.882 bits per heavy atom. The van der Waals surface area contributed by atoms with Crippen LogP contribution in [0.15, 0.2) is 78.5 Å². The van der Waals surface area contributed by atoms with E-state index in [1.54, 1.807) is 7.11 Å². The van der Waals surface area contributed by atoms with Crippen LogP contribution in [-0.4, -0.2) is 37.0 Å². The van der Waals surface area contributed by atoms with Gasteiger partial charge >= 0.3 is 0 Å². The number of carbonyl (C=O) groups is 2. The Balaban J connectivity index is 1.59. The summed E-state index contributed by atoms with van der Waals surface area (Å²) in [5, 5.41) is 0. The third-order valence-electron chi connectivity index (χ3n) is 6.28. The van der Waals surface area contributed by atoms with Gasteiger partial charge in [0.2, 0.25) is 0 Å². The van der Waals surface area contributed by atoms with Crippen molar-refractivity contribution in [3.8, 4) is 11.5 Å². The standard InChI is InChI=1S/C28H26N2O4/c1-3-34-22-14-12-20(13-15-22)25-26(29-17-16-19-8-4-6-10-23(19)29)28(32)30(27(25)31)18-21-9-5-7-11-24(21)33-2/h4-15H,3,16-18H2,1-2H3. The molecule has 0 atom stereocenters. The van der Waals surface area contributed by atoms with Gasteiger partial charge < -0.3 is 14.4 Å². The van der Waals surface area contributed by atoms with E-state index in [9.17, 15) is 9.59 Å². The molecule has 0 fully saturated rings. The van der Waals surface area contributed by atoms with E-state index in [0.717, 1.165) is 23.4 Å². The second-order valence-corrected chi connectivity index (χ2v) is 8.22. The first-order valence-corrected chi connectivity index (χ1v) is 11.4. The molecule has 0 N–H and O–H groups in total. The molecule has 2 aliphatic rings. The minimum atomic E-state index is -0.306. The number of carbonyl (C=O) groups excluding carboxylic acids is 2. The number of hydrogen-bond donors (Lipinski definition) is 0. The molecule has 3 aromatic carbocycles. The summed E-state index contributed by atoms with van der Waals surface area (Å²) in [6.45, 7) is 3.27. The zero-order valence-electron chi connectivity index (χ0n) is 19.3. The highest BCUT2D eigenvalue weighted by Gasteiger charge is 2.43. The lowest BCUT2D eigenvalue weighted by Gasteiger charge is -2.22. The summed E-state index contributed by atoms with van der Waals surface area (Å²) in [6, 6.07) is 22.9. The van der Waals surface area contributed by atoms with Gasteiger partial charge in [0.1, 0.15) is 17.2 Å². The maximum Gasteiger partial charge on any atom is 0.278 e. The Bertz CT molecular complexity index is 1280. The third-order valence-corrected chi connectivity index (χ3v) is 6.28. The van der Waals surface area contributed by atoms with Crippen molar-refractivity contribution < 1.29 is 19.1 Å².